The third kappa shape index (κ3) is 5.00. The molecule has 2 aromatic rings. The maximum atomic E-state index is 12.5. The van der Waals surface area contributed by atoms with Gasteiger partial charge < -0.3 is 5.32 Å². The van der Waals surface area contributed by atoms with Crippen LogP contribution >= 0.6 is 0 Å². The van der Waals surface area contributed by atoms with E-state index in [1.54, 1.807) is 0 Å². The van der Waals surface area contributed by atoms with Crippen molar-refractivity contribution in [1.29, 1.82) is 0 Å². The van der Waals surface area contributed by atoms with Gasteiger partial charge in [-0.1, -0.05) is 49.2 Å². The predicted molar refractivity (Wildman–Crippen MR) is 106 cm³/mol. The molecule has 3 rings (SSSR count). The molecule has 27 heavy (non-hydrogen) atoms. The van der Waals surface area contributed by atoms with E-state index in [9.17, 15) is 4.79 Å². The minimum absolute atomic E-state index is 0.0957. The lowest BCUT2D eigenvalue weighted by Crippen LogP contribution is -2.23. The first kappa shape index (κ1) is 18.8. The Morgan fingerprint density at radius 2 is 2.07 bits per heavy atom. The molecule has 1 aliphatic carbocycles. The van der Waals surface area contributed by atoms with E-state index in [4.69, 9.17) is 0 Å². The van der Waals surface area contributed by atoms with Gasteiger partial charge in [-0.25, -0.2) is 9.98 Å². The predicted octanol–water partition coefficient (Wildman–Crippen LogP) is 3.80. The maximum Gasteiger partial charge on any atom is 0.296 e. The van der Waals surface area contributed by atoms with E-state index in [1.807, 2.05) is 43.3 Å². The van der Waals surface area contributed by atoms with Crippen molar-refractivity contribution in [3.63, 3.8) is 0 Å². The molecule has 1 amide bonds. The summed E-state index contributed by atoms with van der Waals surface area (Å²) in [4.78, 5) is 20.7. The molecule has 0 spiro atoms. The number of hydrogen-bond donors (Lipinski definition) is 2. The van der Waals surface area contributed by atoms with Crippen LogP contribution in [0.4, 0.5) is 0 Å². The molecule has 1 aromatic carbocycles. The molecule has 6 nitrogen and oxygen atoms in total. The highest BCUT2D eigenvalue weighted by Crippen LogP contribution is 2.32. The zero-order valence-electron chi connectivity index (χ0n) is 15.6. The maximum absolute atomic E-state index is 12.5. The standard InChI is InChI=1S/C21H25N5O/c1-3-16(17-11-7-8-12-17)14-18(22-2)24-21(27)20-23-19(25-26-20)13-15-9-5-4-6-10-15/h3-6,9-10,14,17H,2,7-8,11-13H2,1H3,(H,24,27)(H,23,25,26)/b16-3+,18-14+. The lowest BCUT2D eigenvalue weighted by atomic mass is 9.97. The lowest BCUT2D eigenvalue weighted by Gasteiger charge is -2.11. The highest BCUT2D eigenvalue weighted by Gasteiger charge is 2.19. The third-order valence-corrected chi connectivity index (χ3v) is 4.82. The Morgan fingerprint density at radius 1 is 1.33 bits per heavy atom. The Morgan fingerprint density at radius 3 is 2.74 bits per heavy atom. The molecular weight excluding hydrogens is 338 g/mol. The summed E-state index contributed by atoms with van der Waals surface area (Å²) in [6.45, 7) is 5.59. The number of rotatable bonds is 7. The van der Waals surface area contributed by atoms with Gasteiger partial charge in [-0.15, -0.1) is 5.10 Å². The van der Waals surface area contributed by atoms with Crippen LogP contribution in [-0.2, 0) is 6.42 Å². The lowest BCUT2D eigenvalue weighted by molar-refractivity contribution is 0.0955. The number of aliphatic imine (C=N–C) groups is 1. The van der Waals surface area contributed by atoms with Gasteiger partial charge in [0.1, 0.15) is 11.6 Å². The molecule has 0 aliphatic heterocycles. The number of aromatic amines is 1. The fraction of sp³-hybridized carbons (Fsp3) is 0.333. The van der Waals surface area contributed by atoms with E-state index in [-0.39, 0.29) is 5.82 Å². The zero-order valence-corrected chi connectivity index (χ0v) is 15.6. The Bertz CT molecular complexity index is 844. The van der Waals surface area contributed by atoms with Crippen LogP contribution in [0, 0.1) is 5.92 Å². The molecule has 0 saturated heterocycles. The van der Waals surface area contributed by atoms with E-state index in [0.717, 1.165) is 5.56 Å². The van der Waals surface area contributed by atoms with Gasteiger partial charge in [-0.05, 0) is 49.6 Å². The van der Waals surface area contributed by atoms with Gasteiger partial charge in [0.2, 0.25) is 5.82 Å². The van der Waals surface area contributed by atoms with Crippen molar-refractivity contribution in [1.82, 2.24) is 20.5 Å². The van der Waals surface area contributed by atoms with Crippen molar-refractivity contribution in [2.75, 3.05) is 0 Å². The van der Waals surface area contributed by atoms with Crippen LogP contribution in [0.2, 0.25) is 0 Å². The summed E-state index contributed by atoms with van der Waals surface area (Å²) in [7, 11) is 0. The summed E-state index contributed by atoms with van der Waals surface area (Å²) in [5.41, 5.74) is 2.29. The van der Waals surface area contributed by atoms with E-state index < -0.39 is 5.91 Å². The summed E-state index contributed by atoms with van der Waals surface area (Å²) in [6, 6.07) is 9.91. The van der Waals surface area contributed by atoms with Gasteiger partial charge in [-0.2, -0.15) is 0 Å². The molecule has 0 bridgehead atoms. The van der Waals surface area contributed by atoms with Crippen molar-refractivity contribution in [2.24, 2.45) is 10.9 Å². The normalized spacial score (nSPS) is 15.7. The van der Waals surface area contributed by atoms with Gasteiger partial charge in [-0.3, -0.25) is 9.89 Å². The van der Waals surface area contributed by atoms with Crippen molar-refractivity contribution in [2.45, 2.75) is 39.0 Å². The monoisotopic (exact) mass is 363 g/mol. The summed E-state index contributed by atoms with van der Waals surface area (Å²) in [5, 5.41) is 9.60. The Kier molecular flexibility index (Phi) is 6.30. The topological polar surface area (TPSA) is 83.0 Å². The van der Waals surface area contributed by atoms with Crippen LogP contribution in [0.1, 0.15) is 54.6 Å². The fourth-order valence-corrected chi connectivity index (χ4v) is 3.41. The smallest absolute Gasteiger partial charge is 0.296 e. The minimum Gasteiger partial charge on any atom is -0.304 e. The number of carbonyl (C=O) groups excluding carboxylic acids is 1. The quantitative estimate of drug-likeness (QED) is 0.580. The number of carbonyl (C=O) groups is 1. The first-order valence-electron chi connectivity index (χ1n) is 9.30. The molecule has 1 aliphatic rings. The number of nitrogens with one attached hydrogen (secondary N) is 2. The number of nitrogens with zero attached hydrogens (tertiary/aromatic N) is 3. The van der Waals surface area contributed by atoms with E-state index in [2.05, 4.69) is 38.3 Å². The minimum atomic E-state index is -0.397. The van der Waals surface area contributed by atoms with Crippen molar-refractivity contribution in [3.05, 3.63) is 71.1 Å². The summed E-state index contributed by atoms with van der Waals surface area (Å²) < 4.78 is 0. The van der Waals surface area contributed by atoms with Gasteiger partial charge in [0, 0.05) is 6.42 Å². The van der Waals surface area contributed by atoms with E-state index in [1.165, 1.54) is 31.3 Å². The zero-order chi connectivity index (χ0) is 19.1. The number of benzene rings is 1. The highest BCUT2D eigenvalue weighted by atomic mass is 16.2. The first-order chi connectivity index (χ1) is 13.2. The van der Waals surface area contributed by atoms with Crippen LogP contribution < -0.4 is 5.32 Å². The average molecular weight is 363 g/mol. The van der Waals surface area contributed by atoms with Gasteiger partial charge in [0.15, 0.2) is 0 Å². The Hall–Kier alpha value is -3.02. The molecule has 1 fully saturated rings. The first-order valence-corrected chi connectivity index (χ1v) is 9.30. The second-order valence-electron chi connectivity index (χ2n) is 6.68. The average Bonchev–Trinajstić information content (AvgIpc) is 3.38. The molecular formula is C21H25N5O. The second-order valence-corrected chi connectivity index (χ2v) is 6.68. The number of hydrogen-bond acceptors (Lipinski definition) is 4. The van der Waals surface area contributed by atoms with Gasteiger partial charge >= 0.3 is 0 Å². The molecule has 0 radical (unpaired) electrons. The number of allylic oxidation sites excluding steroid dienone is 3. The van der Waals surface area contributed by atoms with Crippen molar-refractivity contribution < 1.29 is 4.79 Å². The van der Waals surface area contributed by atoms with Gasteiger partial charge in [0.25, 0.3) is 5.91 Å². The molecule has 140 valence electrons. The van der Waals surface area contributed by atoms with Crippen molar-refractivity contribution >= 4 is 12.6 Å². The molecule has 6 heteroatoms. The third-order valence-electron chi connectivity index (χ3n) is 4.82. The molecule has 1 aromatic heterocycles. The molecule has 0 atom stereocenters. The largest absolute Gasteiger partial charge is 0.304 e. The van der Waals surface area contributed by atoms with Crippen LogP contribution in [-0.4, -0.2) is 27.8 Å². The SMILES string of the molecule is C=N/C(=C\C(=C/C)C1CCCC1)NC(=O)c1n[nH]c(Cc2ccccc2)n1. The van der Waals surface area contributed by atoms with Crippen LogP contribution in [0.5, 0.6) is 0 Å². The van der Waals surface area contributed by atoms with Crippen molar-refractivity contribution in [3.8, 4) is 0 Å². The summed E-state index contributed by atoms with van der Waals surface area (Å²) in [6.07, 6.45) is 9.43. The molecule has 1 heterocycles. The highest BCUT2D eigenvalue weighted by molar-refractivity contribution is 5.91. The fourth-order valence-electron chi connectivity index (χ4n) is 3.41. The Labute approximate surface area is 159 Å². The molecule has 2 N–H and O–H groups in total. The number of H-pyrrole nitrogens is 1. The van der Waals surface area contributed by atoms with Crippen LogP contribution in [0.25, 0.3) is 0 Å². The van der Waals surface area contributed by atoms with Gasteiger partial charge in [0.05, 0.1) is 0 Å². The Balaban J connectivity index is 1.66. The van der Waals surface area contributed by atoms with Crippen LogP contribution in [0.15, 0.2) is 58.9 Å². The van der Waals surface area contributed by atoms with E-state index >= 15 is 0 Å². The number of aromatic nitrogens is 3. The molecule has 0 unspecified atom stereocenters. The second kappa shape index (κ2) is 9.07. The van der Waals surface area contributed by atoms with E-state index in [0.29, 0.717) is 24.0 Å². The summed E-state index contributed by atoms with van der Waals surface area (Å²) in [5.74, 6) is 1.30. The van der Waals surface area contributed by atoms with Crippen LogP contribution in [0.3, 0.4) is 0 Å². The number of amides is 1. The summed E-state index contributed by atoms with van der Waals surface area (Å²) >= 11 is 0. The molecule has 1 saturated carbocycles.